The van der Waals surface area contributed by atoms with Crippen LogP contribution in [0.4, 0.5) is 10.5 Å². The maximum atomic E-state index is 11.8. The summed E-state index contributed by atoms with van der Waals surface area (Å²) in [7, 11) is 0. The van der Waals surface area contributed by atoms with Crippen molar-refractivity contribution in [3.63, 3.8) is 0 Å². The quantitative estimate of drug-likeness (QED) is 0.804. The van der Waals surface area contributed by atoms with Gasteiger partial charge in [0, 0.05) is 12.6 Å². The average Bonchev–Trinajstić information content (AvgIpc) is 2.27. The van der Waals surface area contributed by atoms with Gasteiger partial charge in [0.2, 0.25) is 5.91 Å². The molecule has 0 radical (unpaired) electrons. The minimum atomic E-state index is -0.621. The molecule has 19 heavy (non-hydrogen) atoms. The van der Waals surface area contributed by atoms with Gasteiger partial charge in [0.1, 0.15) is 11.6 Å². The molecular weight excluding hydrogens is 246 g/mol. The first-order chi connectivity index (χ1) is 8.85. The van der Waals surface area contributed by atoms with Gasteiger partial charge in [-0.3, -0.25) is 9.78 Å². The fourth-order valence-electron chi connectivity index (χ4n) is 1.81. The van der Waals surface area contributed by atoms with Crippen LogP contribution in [-0.2, 0) is 16.0 Å². The second kappa shape index (κ2) is 4.87. The molecule has 1 aliphatic rings. The zero-order chi connectivity index (χ0) is 14.0. The van der Waals surface area contributed by atoms with Gasteiger partial charge in [-0.05, 0) is 32.4 Å². The number of aromatic nitrogens is 1. The fraction of sp³-hybridized carbons (Fsp3) is 0.462. The van der Waals surface area contributed by atoms with Gasteiger partial charge in [-0.2, -0.15) is 0 Å². The minimum absolute atomic E-state index is 0.258. The van der Waals surface area contributed by atoms with Crippen molar-refractivity contribution >= 4 is 17.7 Å². The van der Waals surface area contributed by atoms with E-state index in [9.17, 15) is 9.59 Å². The Bertz CT molecular complexity index is 508. The SMILES string of the molecule is CC(C)(C)OC(=O)NC1Cc2ccncc2NC1=O. The predicted octanol–water partition coefficient (Wildman–Crippen LogP) is 1.47. The number of anilines is 1. The molecule has 6 heteroatoms. The lowest BCUT2D eigenvalue weighted by Gasteiger charge is -2.26. The van der Waals surface area contributed by atoms with E-state index in [1.54, 1.807) is 33.2 Å². The molecule has 1 unspecified atom stereocenters. The van der Waals surface area contributed by atoms with Crippen molar-refractivity contribution in [2.75, 3.05) is 5.32 Å². The highest BCUT2D eigenvalue weighted by Gasteiger charge is 2.29. The first-order valence-electron chi connectivity index (χ1n) is 6.08. The maximum absolute atomic E-state index is 11.8. The van der Waals surface area contributed by atoms with E-state index >= 15 is 0 Å². The van der Waals surface area contributed by atoms with E-state index < -0.39 is 17.7 Å². The number of carbonyl (C=O) groups excluding carboxylic acids is 2. The molecule has 0 saturated heterocycles. The summed E-state index contributed by atoms with van der Waals surface area (Å²) in [6.45, 7) is 5.32. The van der Waals surface area contributed by atoms with E-state index in [2.05, 4.69) is 15.6 Å². The third-order valence-corrected chi connectivity index (χ3v) is 2.60. The van der Waals surface area contributed by atoms with Crippen LogP contribution < -0.4 is 10.6 Å². The lowest BCUT2D eigenvalue weighted by Crippen LogP contribution is -2.49. The maximum Gasteiger partial charge on any atom is 0.408 e. The molecule has 2 amide bonds. The topological polar surface area (TPSA) is 80.3 Å². The highest BCUT2D eigenvalue weighted by molar-refractivity contribution is 5.99. The van der Waals surface area contributed by atoms with Crippen LogP contribution in [0.3, 0.4) is 0 Å². The van der Waals surface area contributed by atoms with Gasteiger partial charge in [-0.15, -0.1) is 0 Å². The first-order valence-corrected chi connectivity index (χ1v) is 6.08. The molecule has 6 nitrogen and oxygen atoms in total. The van der Waals surface area contributed by atoms with E-state index in [1.807, 2.05) is 6.07 Å². The third kappa shape index (κ3) is 3.43. The summed E-state index contributed by atoms with van der Waals surface area (Å²) in [6, 6.07) is 1.20. The summed E-state index contributed by atoms with van der Waals surface area (Å²) in [5.41, 5.74) is 1.04. The molecule has 0 saturated carbocycles. The number of carbonyl (C=O) groups is 2. The summed E-state index contributed by atoms with van der Waals surface area (Å²) in [6.07, 6.45) is 3.09. The molecule has 1 aliphatic heterocycles. The molecule has 0 bridgehead atoms. The van der Waals surface area contributed by atoms with Gasteiger partial charge >= 0.3 is 6.09 Å². The molecular formula is C13H17N3O3. The lowest BCUT2D eigenvalue weighted by molar-refractivity contribution is -0.118. The van der Waals surface area contributed by atoms with Crippen molar-refractivity contribution in [3.8, 4) is 0 Å². The van der Waals surface area contributed by atoms with Crippen LogP contribution in [0.2, 0.25) is 0 Å². The molecule has 0 spiro atoms. The number of nitrogens with one attached hydrogen (secondary N) is 2. The molecule has 0 aromatic carbocycles. The number of nitrogens with zero attached hydrogens (tertiary/aromatic N) is 1. The molecule has 1 atom stereocenters. The Hall–Kier alpha value is -2.11. The van der Waals surface area contributed by atoms with Gasteiger partial charge < -0.3 is 15.4 Å². The first kappa shape index (κ1) is 13.3. The van der Waals surface area contributed by atoms with E-state index in [-0.39, 0.29) is 5.91 Å². The van der Waals surface area contributed by atoms with Crippen LogP contribution in [0.25, 0.3) is 0 Å². The third-order valence-electron chi connectivity index (χ3n) is 2.60. The summed E-state index contributed by atoms with van der Waals surface area (Å²) in [4.78, 5) is 27.4. The molecule has 2 N–H and O–H groups in total. The average molecular weight is 263 g/mol. The van der Waals surface area contributed by atoms with E-state index in [1.165, 1.54) is 0 Å². The number of ether oxygens (including phenoxy) is 1. The van der Waals surface area contributed by atoms with Crippen LogP contribution in [-0.4, -0.2) is 28.6 Å². The number of alkyl carbamates (subject to hydrolysis) is 1. The summed E-state index contributed by atoms with van der Waals surface area (Å²) < 4.78 is 5.13. The fourth-order valence-corrected chi connectivity index (χ4v) is 1.81. The number of rotatable bonds is 1. The molecule has 2 rings (SSSR count). The molecule has 1 aromatic rings. The Morgan fingerprint density at radius 2 is 2.26 bits per heavy atom. The van der Waals surface area contributed by atoms with E-state index in [0.29, 0.717) is 12.1 Å². The van der Waals surface area contributed by atoms with Crippen molar-refractivity contribution in [1.82, 2.24) is 10.3 Å². The van der Waals surface area contributed by atoms with Crippen molar-refractivity contribution in [2.24, 2.45) is 0 Å². The number of hydrogen-bond donors (Lipinski definition) is 2. The van der Waals surface area contributed by atoms with Crippen LogP contribution in [0.15, 0.2) is 18.5 Å². The highest BCUT2D eigenvalue weighted by Crippen LogP contribution is 2.21. The van der Waals surface area contributed by atoms with Crippen LogP contribution in [0.5, 0.6) is 0 Å². The van der Waals surface area contributed by atoms with E-state index in [4.69, 9.17) is 4.74 Å². The van der Waals surface area contributed by atoms with Crippen molar-refractivity contribution < 1.29 is 14.3 Å². The van der Waals surface area contributed by atoms with Crippen LogP contribution >= 0.6 is 0 Å². The molecule has 0 fully saturated rings. The van der Waals surface area contributed by atoms with Crippen LogP contribution in [0, 0.1) is 0 Å². The van der Waals surface area contributed by atoms with Crippen molar-refractivity contribution in [3.05, 3.63) is 24.0 Å². The minimum Gasteiger partial charge on any atom is -0.444 e. The number of amides is 2. The summed E-state index contributed by atoms with van der Waals surface area (Å²) in [5, 5.41) is 5.28. The van der Waals surface area contributed by atoms with Crippen LogP contribution in [0.1, 0.15) is 26.3 Å². The van der Waals surface area contributed by atoms with Crippen molar-refractivity contribution in [2.45, 2.75) is 38.8 Å². The predicted molar refractivity (Wildman–Crippen MR) is 69.7 cm³/mol. The molecule has 0 aliphatic carbocycles. The normalized spacial score (nSPS) is 18.3. The number of fused-ring (bicyclic) bond motifs is 1. The molecule has 102 valence electrons. The molecule has 2 heterocycles. The van der Waals surface area contributed by atoms with Gasteiger partial charge in [-0.1, -0.05) is 0 Å². The number of hydrogen-bond acceptors (Lipinski definition) is 4. The highest BCUT2D eigenvalue weighted by atomic mass is 16.6. The Kier molecular flexibility index (Phi) is 3.42. The Labute approximate surface area is 111 Å². The van der Waals surface area contributed by atoms with E-state index in [0.717, 1.165) is 5.56 Å². The Morgan fingerprint density at radius 3 is 2.95 bits per heavy atom. The zero-order valence-electron chi connectivity index (χ0n) is 11.2. The monoisotopic (exact) mass is 263 g/mol. The lowest BCUT2D eigenvalue weighted by atomic mass is 10.0. The molecule has 1 aromatic heterocycles. The largest absolute Gasteiger partial charge is 0.444 e. The van der Waals surface area contributed by atoms with Gasteiger partial charge in [0.15, 0.2) is 0 Å². The van der Waals surface area contributed by atoms with Gasteiger partial charge in [0.05, 0.1) is 11.9 Å². The second-order valence-corrected chi connectivity index (χ2v) is 5.43. The second-order valence-electron chi connectivity index (χ2n) is 5.43. The summed E-state index contributed by atoms with van der Waals surface area (Å²) in [5.74, 6) is -0.258. The smallest absolute Gasteiger partial charge is 0.408 e. The Morgan fingerprint density at radius 1 is 1.53 bits per heavy atom. The van der Waals surface area contributed by atoms with Crippen molar-refractivity contribution in [1.29, 1.82) is 0 Å². The van der Waals surface area contributed by atoms with Gasteiger partial charge in [-0.25, -0.2) is 4.79 Å². The standard InChI is InChI=1S/C13H17N3O3/c1-13(2,3)19-12(18)16-9-6-8-4-5-14-7-10(8)15-11(9)17/h4-5,7,9H,6H2,1-3H3,(H,15,17)(H,16,18). The Balaban J connectivity index is 2.03. The summed E-state index contributed by atoms with van der Waals surface area (Å²) >= 11 is 0. The zero-order valence-corrected chi connectivity index (χ0v) is 11.2. The van der Waals surface area contributed by atoms with Gasteiger partial charge in [0.25, 0.3) is 0 Å². The number of pyridine rings is 1.